The zero-order valence-electron chi connectivity index (χ0n) is 10.2. The second-order valence-electron chi connectivity index (χ2n) is 4.71. The van der Waals surface area contributed by atoms with E-state index >= 15 is 0 Å². The minimum absolute atomic E-state index is 0.766. The topological polar surface area (TPSA) is 28.2 Å². The summed E-state index contributed by atoms with van der Waals surface area (Å²) in [5.41, 5.74) is 1.23. The maximum absolute atomic E-state index is 4.50. The molecule has 0 bridgehead atoms. The molecule has 2 heterocycles. The van der Waals surface area contributed by atoms with Gasteiger partial charge < -0.3 is 10.2 Å². The molecule has 1 aromatic heterocycles. The zero-order valence-corrected chi connectivity index (χ0v) is 10.2. The van der Waals surface area contributed by atoms with Crippen molar-refractivity contribution in [3.63, 3.8) is 0 Å². The monoisotopic (exact) mass is 219 g/mol. The van der Waals surface area contributed by atoms with Crippen molar-refractivity contribution < 1.29 is 0 Å². The molecule has 2 rings (SSSR count). The summed E-state index contributed by atoms with van der Waals surface area (Å²) >= 11 is 0. The number of hydrogen-bond donors (Lipinski definition) is 1. The average Bonchev–Trinajstić information content (AvgIpc) is 2.31. The van der Waals surface area contributed by atoms with Crippen LogP contribution in [0.25, 0.3) is 0 Å². The van der Waals surface area contributed by atoms with Crippen molar-refractivity contribution in [1.82, 2.24) is 10.3 Å². The summed E-state index contributed by atoms with van der Waals surface area (Å²) in [6.07, 6.45) is 4.57. The van der Waals surface area contributed by atoms with Crippen LogP contribution in [0.5, 0.6) is 0 Å². The first kappa shape index (κ1) is 11.4. The Morgan fingerprint density at radius 1 is 1.50 bits per heavy atom. The molecule has 1 saturated heterocycles. The lowest BCUT2D eigenvalue weighted by atomic mass is 9.98. The van der Waals surface area contributed by atoms with E-state index < -0.39 is 0 Å². The molecule has 0 aromatic carbocycles. The van der Waals surface area contributed by atoms with E-state index in [1.165, 1.54) is 18.4 Å². The Morgan fingerprint density at radius 3 is 3.06 bits per heavy atom. The summed E-state index contributed by atoms with van der Waals surface area (Å²) in [6.45, 7) is 5.48. The SMILES string of the molecule is CNCC1CCCN(c2ccc(C)cn2)C1. The van der Waals surface area contributed by atoms with Gasteiger partial charge >= 0.3 is 0 Å². The first-order chi connectivity index (χ1) is 7.79. The van der Waals surface area contributed by atoms with Crippen molar-refractivity contribution in [3.05, 3.63) is 23.9 Å². The van der Waals surface area contributed by atoms with E-state index in [4.69, 9.17) is 0 Å². The molecule has 1 N–H and O–H groups in total. The number of rotatable bonds is 3. The summed E-state index contributed by atoms with van der Waals surface area (Å²) in [5, 5.41) is 3.27. The molecule has 16 heavy (non-hydrogen) atoms. The molecule has 1 fully saturated rings. The second-order valence-corrected chi connectivity index (χ2v) is 4.71. The molecule has 1 unspecified atom stereocenters. The average molecular weight is 219 g/mol. The largest absolute Gasteiger partial charge is 0.356 e. The van der Waals surface area contributed by atoms with Crippen molar-refractivity contribution in [1.29, 1.82) is 0 Å². The molecule has 3 nitrogen and oxygen atoms in total. The molecule has 0 aliphatic carbocycles. The van der Waals surface area contributed by atoms with E-state index in [1.807, 2.05) is 13.2 Å². The standard InChI is InChI=1S/C13H21N3/c1-11-5-6-13(15-8-11)16-7-3-4-12(10-16)9-14-2/h5-6,8,12,14H,3-4,7,9-10H2,1-2H3. The Labute approximate surface area is 97.9 Å². The number of pyridine rings is 1. The molecule has 0 spiro atoms. The van der Waals surface area contributed by atoms with Gasteiger partial charge in [0.05, 0.1) is 0 Å². The van der Waals surface area contributed by atoms with Crippen LogP contribution in [0.4, 0.5) is 5.82 Å². The third-order valence-corrected chi connectivity index (χ3v) is 3.23. The van der Waals surface area contributed by atoms with E-state index in [1.54, 1.807) is 0 Å². The fourth-order valence-electron chi connectivity index (χ4n) is 2.38. The Morgan fingerprint density at radius 2 is 2.38 bits per heavy atom. The fourth-order valence-corrected chi connectivity index (χ4v) is 2.38. The predicted molar refractivity (Wildman–Crippen MR) is 67.8 cm³/mol. The van der Waals surface area contributed by atoms with Crippen molar-refractivity contribution in [2.24, 2.45) is 5.92 Å². The van der Waals surface area contributed by atoms with Crippen LogP contribution in [0.1, 0.15) is 18.4 Å². The van der Waals surface area contributed by atoms with Crippen molar-refractivity contribution in [2.75, 3.05) is 31.6 Å². The normalized spacial score (nSPS) is 21.1. The Kier molecular flexibility index (Phi) is 3.78. The molecule has 1 aliphatic heterocycles. The Balaban J connectivity index is 2.01. The lowest BCUT2D eigenvalue weighted by Gasteiger charge is -2.33. The predicted octanol–water partition coefficient (Wildman–Crippen LogP) is 1.83. The molecule has 3 heteroatoms. The molecule has 1 aromatic rings. The lowest BCUT2D eigenvalue weighted by Crippen LogP contribution is -2.39. The highest BCUT2D eigenvalue weighted by Gasteiger charge is 2.19. The first-order valence-electron chi connectivity index (χ1n) is 6.12. The van der Waals surface area contributed by atoms with E-state index in [0.29, 0.717) is 0 Å². The van der Waals surface area contributed by atoms with Crippen LogP contribution < -0.4 is 10.2 Å². The maximum atomic E-state index is 4.50. The maximum Gasteiger partial charge on any atom is 0.128 e. The van der Waals surface area contributed by atoms with E-state index in [0.717, 1.165) is 31.4 Å². The number of aryl methyl sites for hydroxylation is 1. The summed E-state index contributed by atoms with van der Waals surface area (Å²) in [5.74, 6) is 1.90. The van der Waals surface area contributed by atoms with Crippen molar-refractivity contribution in [2.45, 2.75) is 19.8 Å². The third-order valence-electron chi connectivity index (χ3n) is 3.23. The highest BCUT2D eigenvalue weighted by Crippen LogP contribution is 2.21. The van der Waals surface area contributed by atoms with Gasteiger partial charge in [0.1, 0.15) is 5.82 Å². The summed E-state index contributed by atoms with van der Waals surface area (Å²) in [6, 6.07) is 4.28. The second kappa shape index (κ2) is 5.30. The van der Waals surface area contributed by atoms with Gasteiger partial charge in [0.15, 0.2) is 0 Å². The Bertz CT molecular complexity index is 318. The van der Waals surface area contributed by atoms with E-state index in [-0.39, 0.29) is 0 Å². The van der Waals surface area contributed by atoms with Crippen LogP contribution in [0.3, 0.4) is 0 Å². The van der Waals surface area contributed by atoms with Gasteiger partial charge in [-0.2, -0.15) is 0 Å². The summed E-state index contributed by atoms with van der Waals surface area (Å²) < 4.78 is 0. The fraction of sp³-hybridized carbons (Fsp3) is 0.615. The van der Waals surface area contributed by atoms with Crippen LogP contribution in [0.15, 0.2) is 18.3 Å². The zero-order chi connectivity index (χ0) is 11.4. The number of nitrogens with one attached hydrogen (secondary N) is 1. The molecular formula is C13H21N3. The van der Waals surface area contributed by atoms with Crippen molar-refractivity contribution >= 4 is 5.82 Å². The highest BCUT2D eigenvalue weighted by molar-refractivity contribution is 5.39. The number of hydrogen-bond acceptors (Lipinski definition) is 3. The number of aromatic nitrogens is 1. The van der Waals surface area contributed by atoms with Crippen LogP contribution in [-0.4, -0.2) is 31.7 Å². The molecule has 0 amide bonds. The van der Waals surface area contributed by atoms with E-state index in [2.05, 4.69) is 34.3 Å². The first-order valence-corrected chi connectivity index (χ1v) is 6.12. The van der Waals surface area contributed by atoms with Crippen molar-refractivity contribution in [3.8, 4) is 0 Å². The minimum atomic E-state index is 0.766. The number of nitrogens with zero attached hydrogens (tertiary/aromatic N) is 2. The smallest absolute Gasteiger partial charge is 0.128 e. The summed E-state index contributed by atoms with van der Waals surface area (Å²) in [7, 11) is 2.03. The van der Waals surface area contributed by atoms with Gasteiger partial charge in [-0.1, -0.05) is 6.07 Å². The van der Waals surface area contributed by atoms with Gasteiger partial charge in [-0.25, -0.2) is 4.98 Å². The highest BCUT2D eigenvalue weighted by atomic mass is 15.2. The van der Waals surface area contributed by atoms with Crippen LogP contribution in [-0.2, 0) is 0 Å². The number of anilines is 1. The molecular weight excluding hydrogens is 198 g/mol. The lowest BCUT2D eigenvalue weighted by molar-refractivity contribution is 0.401. The van der Waals surface area contributed by atoms with E-state index in [9.17, 15) is 0 Å². The molecule has 0 saturated carbocycles. The van der Waals surface area contributed by atoms with Gasteiger partial charge in [0.2, 0.25) is 0 Å². The quantitative estimate of drug-likeness (QED) is 0.840. The van der Waals surface area contributed by atoms with Gasteiger partial charge in [0, 0.05) is 19.3 Å². The summed E-state index contributed by atoms with van der Waals surface area (Å²) in [4.78, 5) is 6.91. The Hall–Kier alpha value is -1.09. The van der Waals surface area contributed by atoms with Gasteiger partial charge in [0.25, 0.3) is 0 Å². The molecule has 88 valence electrons. The minimum Gasteiger partial charge on any atom is -0.356 e. The van der Waals surface area contributed by atoms with Crippen LogP contribution >= 0.6 is 0 Å². The van der Waals surface area contributed by atoms with Crippen LogP contribution in [0.2, 0.25) is 0 Å². The van der Waals surface area contributed by atoms with Gasteiger partial charge in [-0.15, -0.1) is 0 Å². The number of piperidine rings is 1. The van der Waals surface area contributed by atoms with Gasteiger partial charge in [-0.3, -0.25) is 0 Å². The molecule has 0 radical (unpaired) electrons. The third kappa shape index (κ3) is 2.73. The van der Waals surface area contributed by atoms with Crippen LogP contribution in [0, 0.1) is 12.8 Å². The molecule has 1 atom stereocenters. The molecule has 1 aliphatic rings. The van der Waals surface area contributed by atoms with Gasteiger partial charge in [-0.05, 0) is 50.9 Å².